The van der Waals surface area contributed by atoms with Crippen LogP contribution in [0.15, 0.2) is 36.5 Å². The van der Waals surface area contributed by atoms with Gasteiger partial charge < -0.3 is 15.0 Å². The minimum Gasteiger partial charge on any atom is -0.380 e. The maximum absolute atomic E-state index is 5.56. The first-order valence-electron chi connectivity index (χ1n) is 8.67. The summed E-state index contributed by atoms with van der Waals surface area (Å²) in [5.41, 5.74) is 2.50. The molecule has 0 bridgehead atoms. The van der Waals surface area contributed by atoms with Gasteiger partial charge in [0, 0.05) is 43.9 Å². The van der Waals surface area contributed by atoms with E-state index in [1.165, 1.54) is 0 Å². The van der Waals surface area contributed by atoms with Crippen LogP contribution in [0.5, 0.6) is 0 Å². The van der Waals surface area contributed by atoms with Gasteiger partial charge in [-0.25, -0.2) is 9.97 Å². The van der Waals surface area contributed by atoms with Crippen molar-refractivity contribution in [3.8, 4) is 11.4 Å². The van der Waals surface area contributed by atoms with Gasteiger partial charge >= 0.3 is 0 Å². The molecule has 1 atom stereocenters. The molecule has 0 unspecified atom stereocenters. The Labute approximate surface area is 146 Å². The van der Waals surface area contributed by atoms with Gasteiger partial charge in [0.15, 0.2) is 5.65 Å². The quantitative estimate of drug-likeness (QED) is 0.739. The Hall–Kier alpha value is -2.51. The topological polar surface area (TPSA) is 79.0 Å². The summed E-state index contributed by atoms with van der Waals surface area (Å²) in [6.45, 7) is 6.25. The Kier molecular flexibility index (Phi) is 4.58. The van der Waals surface area contributed by atoms with Crippen LogP contribution >= 0.6 is 0 Å². The number of piperazine rings is 1. The molecule has 0 amide bonds. The van der Waals surface area contributed by atoms with Gasteiger partial charge in [0.05, 0.1) is 18.0 Å². The Morgan fingerprint density at radius 2 is 2.24 bits per heavy atom. The largest absolute Gasteiger partial charge is 0.380 e. The van der Waals surface area contributed by atoms with Crippen LogP contribution in [-0.4, -0.2) is 59.1 Å². The maximum atomic E-state index is 5.56. The van der Waals surface area contributed by atoms with Crippen LogP contribution in [0.25, 0.3) is 22.4 Å². The normalized spacial score (nSPS) is 18.0. The molecule has 0 aromatic carbocycles. The second-order valence-electron chi connectivity index (χ2n) is 6.11. The molecule has 0 aliphatic carbocycles. The molecule has 7 heteroatoms. The average Bonchev–Trinajstić information content (AvgIpc) is 3.11. The molecule has 25 heavy (non-hydrogen) atoms. The number of hydrogen-bond acceptors (Lipinski definition) is 6. The average molecular weight is 338 g/mol. The number of aromatic amines is 1. The van der Waals surface area contributed by atoms with E-state index in [2.05, 4.69) is 31.5 Å². The zero-order chi connectivity index (χ0) is 17.1. The van der Waals surface area contributed by atoms with Gasteiger partial charge in [-0.2, -0.15) is 5.10 Å². The van der Waals surface area contributed by atoms with Crippen molar-refractivity contribution in [1.29, 1.82) is 0 Å². The number of pyridine rings is 2. The second-order valence-corrected chi connectivity index (χ2v) is 6.11. The summed E-state index contributed by atoms with van der Waals surface area (Å²) in [4.78, 5) is 11.4. The van der Waals surface area contributed by atoms with Gasteiger partial charge in [-0.1, -0.05) is 6.07 Å². The molecular formula is C18H22N6O. The van der Waals surface area contributed by atoms with E-state index in [1.54, 1.807) is 6.20 Å². The van der Waals surface area contributed by atoms with E-state index >= 15 is 0 Å². The van der Waals surface area contributed by atoms with E-state index in [4.69, 9.17) is 9.72 Å². The molecular weight excluding hydrogens is 316 g/mol. The molecule has 3 aromatic heterocycles. The van der Waals surface area contributed by atoms with Gasteiger partial charge in [-0.15, -0.1) is 0 Å². The Morgan fingerprint density at radius 3 is 3.16 bits per heavy atom. The van der Waals surface area contributed by atoms with E-state index in [0.29, 0.717) is 11.7 Å². The zero-order valence-corrected chi connectivity index (χ0v) is 14.3. The van der Waals surface area contributed by atoms with Gasteiger partial charge in [0.1, 0.15) is 5.82 Å². The highest BCUT2D eigenvalue weighted by Crippen LogP contribution is 2.25. The van der Waals surface area contributed by atoms with Gasteiger partial charge in [0.25, 0.3) is 0 Å². The highest BCUT2D eigenvalue weighted by atomic mass is 16.5. The van der Waals surface area contributed by atoms with Gasteiger partial charge in [-0.05, 0) is 31.2 Å². The minimum absolute atomic E-state index is 0.330. The highest BCUT2D eigenvalue weighted by molar-refractivity contribution is 5.89. The number of nitrogens with one attached hydrogen (secondary N) is 2. The van der Waals surface area contributed by atoms with Crippen LogP contribution in [0, 0.1) is 0 Å². The summed E-state index contributed by atoms with van der Waals surface area (Å²) >= 11 is 0. The first kappa shape index (κ1) is 16.0. The summed E-state index contributed by atoms with van der Waals surface area (Å²) < 4.78 is 5.56. The zero-order valence-electron chi connectivity index (χ0n) is 14.3. The molecule has 3 aromatic rings. The molecule has 1 aliphatic heterocycles. The lowest BCUT2D eigenvalue weighted by molar-refractivity contribution is 0.121. The van der Waals surface area contributed by atoms with E-state index in [1.807, 2.05) is 31.2 Å². The predicted molar refractivity (Wildman–Crippen MR) is 97.6 cm³/mol. The fraction of sp³-hybridized carbons (Fsp3) is 0.389. The first-order valence-corrected chi connectivity index (χ1v) is 8.67. The lowest BCUT2D eigenvalue weighted by atomic mass is 10.2. The molecule has 130 valence electrons. The number of hydrogen-bond donors (Lipinski definition) is 2. The minimum atomic E-state index is 0.330. The lowest BCUT2D eigenvalue weighted by Crippen LogP contribution is -2.53. The van der Waals surface area contributed by atoms with Gasteiger partial charge in [-0.3, -0.25) is 5.10 Å². The number of H-pyrrole nitrogens is 1. The number of rotatable bonds is 5. The molecule has 0 saturated carbocycles. The standard InChI is InChI=1S/C18H22N6O/c1-2-25-12-13-11-24(10-9-19-13)16-7-3-6-15(21-16)17-14-5-4-8-20-18(14)23-22-17/h3-8,13,19H,2,9-12H2,1H3,(H,20,22,23)/t13-/m1/s1. The maximum Gasteiger partial charge on any atom is 0.181 e. The third-order valence-electron chi connectivity index (χ3n) is 4.42. The molecule has 1 aliphatic rings. The fourth-order valence-corrected chi connectivity index (χ4v) is 3.19. The molecule has 0 spiro atoms. The Balaban J connectivity index is 1.59. The van der Waals surface area contributed by atoms with Crippen molar-refractivity contribution in [2.24, 2.45) is 0 Å². The predicted octanol–water partition coefficient (Wildman–Crippen LogP) is 1.83. The number of fused-ring (bicyclic) bond motifs is 1. The van der Waals surface area contributed by atoms with Crippen LogP contribution in [0.2, 0.25) is 0 Å². The molecule has 0 radical (unpaired) electrons. The van der Waals surface area contributed by atoms with Crippen molar-refractivity contribution < 1.29 is 4.74 Å². The van der Waals surface area contributed by atoms with Crippen molar-refractivity contribution in [2.45, 2.75) is 13.0 Å². The third-order valence-corrected chi connectivity index (χ3v) is 4.42. The third kappa shape index (κ3) is 3.33. The number of anilines is 1. The van der Waals surface area contributed by atoms with E-state index in [-0.39, 0.29) is 0 Å². The SMILES string of the molecule is CCOC[C@H]1CN(c2cccc(-c3[nH]nc4ncccc34)n2)CCN1. The van der Waals surface area contributed by atoms with Crippen molar-refractivity contribution in [3.63, 3.8) is 0 Å². The highest BCUT2D eigenvalue weighted by Gasteiger charge is 2.21. The van der Waals surface area contributed by atoms with Crippen LogP contribution in [0.3, 0.4) is 0 Å². The number of ether oxygens (including phenoxy) is 1. The van der Waals surface area contributed by atoms with E-state index in [0.717, 1.165) is 55.4 Å². The van der Waals surface area contributed by atoms with Crippen LogP contribution in [0.1, 0.15) is 6.92 Å². The molecule has 4 rings (SSSR count). The molecule has 4 heterocycles. The first-order chi connectivity index (χ1) is 12.3. The molecule has 7 nitrogen and oxygen atoms in total. The number of nitrogens with zero attached hydrogens (tertiary/aromatic N) is 4. The Morgan fingerprint density at radius 1 is 1.28 bits per heavy atom. The fourth-order valence-electron chi connectivity index (χ4n) is 3.19. The summed E-state index contributed by atoms with van der Waals surface area (Å²) in [6, 6.07) is 10.4. The van der Waals surface area contributed by atoms with Crippen LogP contribution < -0.4 is 10.2 Å². The smallest absolute Gasteiger partial charge is 0.181 e. The summed E-state index contributed by atoms with van der Waals surface area (Å²) in [7, 11) is 0. The van der Waals surface area contributed by atoms with Crippen LogP contribution in [-0.2, 0) is 4.74 Å². The molecule has 1 saturated heterocycles. The summed E-state index contributed by atoms with van der Waals surface area (Å²) in [5, 5.41) is 11.8. The van der Waals surface area contributed by atoms with Crippen molar-refractivity contribution >= 4 is 16.9 Å². The van der Waals surface area contributed by atoms with Crippen molar-refractivity contribution in [2.75, 3.05) is 37.7 Å². The van der Waals surface area contributed by atoms with Crippen molar-refractivity contribution in [3.05, 3.63) is 36.5 Å². The Bertz CT molecular complexity index is 848. The van der Waals surface area contributed by atoms with Crippen LogP contribution in [0.4, 0.5) is 5.82 Å². The molecule has 1 fully saturated rings. The van der Waals surface area contributed by atoms with E-state index < -0.39 is 0 Å². The molecule has 2 N–H and O–H groups in total. The number of aromatic nitrogens is 4. The lowest BCUT2D eigenvalue weighted by Gasteiger charge is -2.34. The summed E-state index contributed by atoms with van der Waals surface area (Å²) in [5.74, 6) is 0.979. The van der Waals surface area contributed by atoms with E-state index in [9.17, 15) is 0 Å². The van der Waals surface area contributed by atoms with Gasteiger partial charge in [0.2, 0.25) is 0 Å². The summed E-state index contributed by atoms with van der Waals surface area (Å²) in [6.07, 6.45) is 1.75. The monoisotopic (exact) mass is 338 g/mol. The van der Waals surface area contributed by atoms with Crippen molar-refractivity contribution in [1.82, 2.24) is 25.5 Å². The second kappa shape index (κ2) is 7.16.